The SMILES string of the molecule is OC1(c2ccc(C3OCCO3)cc2)CC2COCC(C1)N2Cc1ccccc1. The van der Waals surface area contributed by atoms with Crippen molar-refractivity contribution in [3.63, 3.8) is 0 Å². The number of hydrogen-bond acceptors (Lipinski definition) is 5. The summed E-state index contributed by atoms with van der Waals surface area (Å²) in [5.74, 6) is 0. The maximum absolute atomic E-state index is 11.5. The summed E-state index contributed by atoms with van der Waals surface area (Å²) in [5.41, 5.74) is 2.48. The van der Waals surface area contributed by atoms with E-state index in [1.165, 1.54) is 5.56 Å². The standard InChI is InChI=1S/C23H27NO4/c25-23(19-8-6-18(7-9-19)22-27-10-11-28-22)12-20-15-26-16-21(13-23)24(20)14-17-4-2-1-3-5-17/h1-9,20-22,25H,10-16H2. The molecule has 2 aromatic carbocycles. The van der Waals surface area contributed by atoms with Gasteiger partial charge in [0.1, 0.15) is 0 Å². The molecule has 0 spiro atoms. The van der Waals surface area contributed by atoms with Crippen LogP contribution in [0.25, 0.3) is 0 Å². The van der Waals surface area contributed by atoms with Crippen molar-refractivity contribution in [2.75, 3.05) is 26.4 Å². The van der Waals surface area contributed by atoms with Crippen molar-refractivity contribution in [3.05, 3.63) is 71.3 Å². The Balaban J connectivity index is 1.34. The lowest BCUT2D eigenvalue weighted by atomic mass is 9.76. The van der Waals surface area contributed by atoms with Gasteiger partial charge in [-0.1, -0.05) is 54.6 Å². The van der Waals surface area contributed by atoms with Gasteiger partial charge in [0, 0.05) is 24.2 Å². The molecule has 28 heavy (non-hydrogen) atoms. The molecule has 3 saturated heterocycles. The lowest BCUT2D eigenvalue weighted by Gasteiger charge is -2.52. The molecule has 5 rings (SSSR count). The Kier molecular flexibility index (Phi) is 4.95. The third-order valence-electron chi connectivity index (χ3n) is 6.26. The van der Waals surface area contributed by atoms with E-state index in [9.17, 15) is 5.11 Å². The largest absolute Gasteiger partial charge is 0.385 e. The first-order valence-electron chi connectivity index (χ1n) is 10.1. The fourth-order valence-corrected chi connectivity index (χ4v) is 4.83. The maximum atomic E-state index is 11.5. The monoisotopic (exact) mass is 381 g/mol. The van der Waals surface area contributed by atoms with Crippen LogP contribution in [0.1, 0.15) is 35.8 Å². The molecule has 5 nitrogen and oxygen atoms in total. The number of benzene rings is 2. The van der Waals surface area contributed by atoms with E-state index in [0.717, 1.165) is 17.7 Å². The first-order chi connectivity index (χ1) is 13.7. The fourth-order valence-electron chi connectivity index (χ4n) is 4.83. The Bertz CT molecular complexity index is 774. The minimum atomic E-state index is -0.817. The average molecular weight is 381 g/mol. The molecule has 3 fully saturated rings. The normalized spacial score (nSPS) is 31.2. The topological polar surface area (TPSA) is 51.2 Å². The number of piperidine rings is 1. The molecule has 3 aliphatic rings. The minimum Gasteiger partial charge on any atom is -0.385 e. The van der Waals surface area contributed by atoms with Crippen LogP contribution in [0.15, 0.2) is 54.6 Å². The van der Waals surface area contributed by atoms with E-state index < -0.39 is 5.60 Å². The second-order valence-corrected chi connectivity index (χ2v) is 8.14. The number of morpholine rings is 1. The molecule has 0 aliphatic carbocycles. The van der Waals surface area contributed by atoms with Crippen molar-refractivity contribution < 1.29 is 19.3 Å². The van der Waals surface area contributed by atoms with Gasteiger partial charge in [0.05, 0.1) is 32.0 Å². The third kappa shape index (κ3) is 3.49. The highest BCUT2D eigenvalue weighted by Crippen LogP contribution is 2.42. The van der Waals surface area contributed by atoms with Crippen LogP contribution in [0.3, 0.4) is 0 Å². The van der Waals surface area contributed by atoms with E-state index in [4.69, 9.17) is 14.2 Å². The molecule has 2 bridgehead atoms. The summed E-state index contributed by atoms with van der Waals surface area (Å²) in [5, 5.41) is 11.5. The zero-order valence-corrected chi connectivity index (χ0v) is 16.0. The molecule has 148 valence electrons. The van der Waals surface area contributed by atoms with Gasteiger partial charge >= 0.3 is 0 Å². The Labute approximate surface area is 165 Å². The summed E-state index contributed by atoms with van der Waals surface area (Å²) in [7, 11) is 0. The summed E-state index contributed by atoms with van der Waals surface area (Å²) in [6.45, 7) is 3.53. The molecule has 0 saturated carbocycles. The average Bonchev–Trinajstić information content (AvgIpc) is 3.25. The predicted molar refractivity (Wildman–Crippen MR) is 105 cm³/mol. The second kappa shape index (κ2) is 7.58. The number of ether oxygens (including phenoxy) is 3. The van der Waals surface area contributed by atoms with Crippen LogP contribution in [0.5, 0.6) is 0 Å². The van der Waals surface area contributed by atoms with Crippen LogP contribution in [0, 0.1) is 0 Å². The summed E-state index contributed by atoms with van der Waals surface area (Å²) in [4.78, 5) is 2.52. The van der Waals surface area contributed by atoms with Crippen molar-refractivity contribution in [1.29, 1.82) is 0 Å². The van der Waals surface area contributed by atoms with Crippen LogP contribution in [0.2, 0.25) is 0 Å². The molecule has 3 aliphatic heterocycles. The van der Waals surface area contributed by atoms with Gasteiger partial charge in [-0.25, -0.2) is 0 Å². The van der Waals surface area contributed by atoms with Crippen molar-refractivity contribution in [1.82, 2.24) is 4.90 Å². The van der Waals surface area contributed by atoms with Gasteiger partial charge < -0.3 is 19.3 Å². The molecule has 2 aromatic rings. The van der Waals surface area contributed by atoms with Gasteiger partial charge in [-0.2, -0.15) is 0 Å². The number of fused-ring (bicyclic) bond motifs is 2. The maximum Gasteiger partial charge on any atom is 0.184 e. The number of nitrogens with zero attached hydrogens (tertiary/aromatic N) is 1. The molecule has 0 aromatic heterocycles. The Hall–Kier alpha value is -1.76. The Morgan fingerprint density at radius 2 is 1.54 bits per heavy atom. The molecular formula is C23H27NO4. The van der Waals surface area contributed by atoms with Crippen LogP contribution in [0.4, 0.5) is 0 Å². The van der Waals surface area contributed by atoms with E-state index in [2.05, 4.69) is 29.2 Å². The van der Waals surface area contributed by atoms with E-state index in [1.807, 2.05) is 30.3 Å². The molecule has 3 heterocycles. The van der Waals surface area contributed by atoms with E-state index in [1.54, 1.807) is 0 Å². The lowest BCUT2D eigenvalue weighted by Crippen LogP contribution is -2.60. The van der Waals surface area contributed by atoms with Crippen LogP contribution in [-0.4, -0.2) is 48.5 Å². The van der Waals surface area contributed by atoms with Crippen molar-refractivity contribution in [2.24, 2.45) is 0 Å². The van der Waals surface area contributed by atoms with Crippen LogP contribution in [-0.2, 0) is 26.4 Å². The van der Waals surface area contributed by atoms with Gasteiger partial charge in [0.2, 0.25) is 0 Å². The molecule has 2 unspecified atom stereocenters. The van der Waals surface area contributed by atoms with Gasteiger partial charge in [0.15, 0.2) is 6.29 Å². The highest BCUT2D eigenvalue weighted by molar-refractivity contribution is 5.30. The highest BCUT2D eigenvalue weighted by atomic mass is 16.7. The van der Waals surface area contributed by atoms with E-state index >= 15 is 0 Å². The quantitative estimate of drug-likeness (QED) is 0.882. The molecular weight excluding hydrogens is 354 g/mol. The number of hydrogen-bond donors (Lipinski definition) is 1. The van der Waals surface area contributed by atoms with Gasteiger partial charge in [-0.05, 0) is 24.0 Å². The molecule has 5 heteroatoms. The lowest BCUT2D eigenvalue weighted by molar-refractivity contribution is -0.149. The van der Waals surface area contributed by atoms with E-state index in [0.29, 0.717) is 39.3 Å². The van der Waals surface area contributed by atoms with Crippen molar-refractivity contribution >= 4 is 0 Å². The first-order valence-corrected chi connectivity index (χ1v) is 10.1. The minimum absolute atomic E-state index is 0.221. The molecule has 1 N–H and O–H groups in total. The predicted octanol–water partition coefficient (Wildman–Crippen LogP) is 2.98. The van der Waals surface area contributed by atoms with Gasteiger partial charge in [-0.15, -0.1) is 0 Å². The second-order valence-electron chi connectivity index (χ2n) is 8.14. The molecule has 2 atom stereocenters. The smallest absolute Gasteiger partial charge is 0.184 e. The zero-order chi connectivity index (χ0) is 19.0. The van der Waals surface area contributed by atoms with E-state index in [-0.39, 0.29) is 18.4 Å². The molecule has 0 radical (unpaired) electrons. The van der Waals surface area contributed by atoms with Gasteiger partial charge in [0.25, 0.3) is 0 Å². The summed E-state index contributed by atoms with van der Waals surface area (Å²) >= 11 is 0. The zero-order valence-electron chi connectivity index (χ0n) is 16.0. The van der Waals surface area contributed by atoms with Gasteiger partial charge in [-0.3, -0.25) is 4.90 Å². The summed E-state index contributed by atoms with van der Waals surface area (Å²) < 4.78 is 17.0. The molecule has 0 amide bonds. The third-order valence-corrected chi connectivity index (χ3v) is 6.26. The highest BCUT2D eigenvalue weighted by Gasteiger charge is 2.46. The van der Waals surface area contributed by atoms with Crippen LogP contribution >= 0.6 is 0 Å². The summed E-state index contributed by atoms with van der Waals surface area (Å²) in [6.07, 6.45) is 1.10. The number of aliphatic hydroxyl groups is 1. The number of rotatable bonds is 4. The first kappa shape index (κ1) is 18.3. The Morgan fingerprint density at radius 3 is 2.18 bits per heavy atom. The summed E-state index contributed by atoms with van der Waals surface area (Å²) in [6, 6.07) is 19.1. The van der Waals surface area contributed by atoms with Crippen molar-refractivity contribution in [3.8, 4) is 0 Å². The fraction of sp³-hybridized carbons (Fsp3) is 0.478. The van der Waals surface area contributed by atoms with Crippen molar-refractivity contribution in [2.45, 2.75) is 43.4 Å². The van der Waals surface area contributed by atoms with Crippen LogP contribution < -0.4 is 0 Å². The Morgan fingerprint density at radius 1 is 0.893 bits per heavy atom.